The van der Waals surface area contributed by atoms with Crippen LogP contribution in [0.2, 0.25) is 0 Å². The Morgan fingerprint density at radius 3 is 2.22 bits per heavy atom. The molecule has 2 N–H and O–H groups in total. The van der Waals surface area contributed by atoms with Crippen molar-refractivity contribution in [3.8, 4) is 17.9 Å². The maximum atomic E-state index is 13.8. The van der Waals surface area contributed by atoms with E-state index in [0.29, 0.717) is 18.2 Å². The van der Waals surface area contributed by atoms with Crippen molar-refractivity contribution in [3.05, 3.63) is 58.9 Å². The van der Waals surface area contributed by atoms with Gasteiger partial charge in [0.25, 0.3) is 0 Å². The summed E-state index contributed by atoms with van der Waals surface area (Å²) in [6, 6.07) is 7.90. The highest BCUT2D eigenvalue weighted by molar-refractivity contribution is 7.89. The molecule has 1 aliphatic rings. The predicted octanol–water partition coefficient (Wildman–Crippen LogP) is 2.77. The predicted molar refractivity (Wildman–Crippen MR) is 112 cm³/mol. The minimum absolute atomic E-state index is 0.0575. The number of halogens is 4. The Hall–Kier alpha value is -3.04. The fourth-order valence-corrected chi connectivity index (χ4v) is 5.62. The van der Waals surface area contributed by atoms with Crippen molar-refractivity contribution in [2.45, 2.75) is 11.1 Å². The van der Waals surface area contributed by atoms with Gasteiger partial charge in [-0.15, -0.1) is 0 Å². The number of alkyl halides is 3. The lowest BCUT2D eigenvalue weighted by atomic mass is 9.83. The van der Waals surface area contributed by atoms with Crippen molar-refractivity contribution < 1.29 is 49.6 Å². The number of sulfonamides is 1. The molecule has 0 saturated carbocycles. The molecule has 0 amide bonds. The van der Waals surface area contributed by atoms with Crippen molar-refractivity contribution in [3.63, 3.8) is 0 Å². The second kappa shape index (κ2) is 9.78. The first-order chi connectivity index (χ1) is 16.6. The van der Waals surface area contributed by atoms with Gasteiger partial charge < -0.3 is 14.5 Å². The number of hydrogen-bond acceptors (Lipinski definition) is 7. The molecule has 0 aromatic heterocycles. The summed E-state index contributed by atoms with van der Waals surface area (Å²) in [6.07, 6.45) is -4.80. The van der Waals surface area contributed by atoms with Crippen molar-refractivity contribution in [1.29, 1.82) is 10.5 Å². The van der Waals surface area contributed by atoms with Crippen LogP contribution >= 0.6 is 7.82 Å². The topological polar surface area (TPSA) is 161 Å². The van der Waals surface area contributed by atoms with Gasteiger partial charge in [0, 0.05) is 19.2 Å². The molecule has 0 radical (unpaired) electrons. The molecule has 0 atom stereocenters. The van der Waals surface area contributed by atoms with E-state index in [9.17, 15) is 35.8 Å². The van der Waals surface area contributed by atoms with Crippen LogP contribution in [-0.4, -0.2) is 48.8 Å². The number of ether oxygens (including phenoxy) is 1. The minimum Gasteiger partial charge on any atom is -0.493 e. The van der Waals surface area contributed by atoms with Crippen molar-refractivity contribution in [2.75, 3.05) is 26.3 Å². The van der Waals surface area contributed by atoms with E-state index in [2.05, 4.69) is 4.52 Å². The first-order valence-corrected chi connectivity index (χ1v) is 12.7. The Morgan fingerprint density at radius 2 is 1.69 bits per heavy atom. The largest absolute Gasteiger partial charge is 0.493 e. The summed E-state index contributed by atoms with van der Waals surface area (Å²) in [5.74, 6) is -0.947. The van der Waals surface area contributed by atoms with Crippen LogP contribution in [0.5, 0.6) is 5.75 Å². The molecule has 1 saturated heterocycles. The molecule has 36 heavy (non-hydrogen) atoms. The molecular weight excluding hydrogens is 533 g/mol. The van der Waals surface area contributed by atoms with Gasteiger partial charge in [0.15, 0.2) is 0 Å². The summed E-state index contributed by atoms with van der Waals surface area (Å²) in [7, 11) is -9.47. The molecule has 10 nitrogen and oxygen atoms in total. The number of phosphoric ester groups is 1. The minimum atomic E-state index is -4.98. The molecule has 192 valence electrons. The Bertz CT molecular complexity index is 1410. The summed E-state index contributed by atoms with van der Waals surface area (Å²) < 4.78 is 101. The lowest BCUT2D eigenvalue weighted by molar-refractivity contribution is -0.137. The normalized spacial score (nSPS) is 16.0. The van der Waals surface area contributed by atoms with Crippen molar-refractivity contribution >= 4 is 17.8 Å². The van der Waals surface area contributed by atoms with Gasteiger partial charge in [-0.3, -0.25) is 4.52 Å². The standard InChI is InChI=1S/C20H16F4N3O7PS/c21-17-6-16(3-1-13(17)7-25)33-11-19(12-34-35(28,29)30)9-27(10-19)36(31,32)18-4-2-15(20(22,23)24)5-14(18)8-26/h1-6H,9-12H2,(H2,28,29,30). The Labute approximate surface area is 202 Å². The van der Waals surface area contributed by atoms with Gasteiger partial charge in [-0.05, 0) is 30.3 Å². The van der Waals surface area contributed by atoms with E-state index in [4.69, 9.17) is 19.8 Å². The fourth-order valence-electron chi connectivity index (χ4n) is 3.39. The lowest BCUT2D eigenvalue weighted by Gasteiger charge is -2.48. The third-order valence-corrected chi connectivity index (χ3v) is 7.53. The number of nitriles is 2. The number of hydrogen-bond donors (Lipinski definition) is 2. The Kier molecular flexibility index (Phi) is 7.49. The average molecular weight is 549 g/mol. The number of phosphoric acid groups is 1. The average Bonchev–Trinajstić information content (AvgIpc) is 2.76. The van der Waals surface area contributed by atoms with Crippen LogP contribution in [0.4, 0.5) is 17.6 Å². The molecule has 16 heteroatoms. The highest BCUT2D eigenvalue weighted by Gasteiger charge is 2.51. The van der Waals surface area contributed by atoms with Crippen LogP contribution < -0.4 is 4.74 Å². The first kappa shape index (κ1) is 27.5. The first-order valence-electron chi connectivity index (χ1n) is 9.74. The molecule has 1 heterocycles. The van der Waals surface area contributed by atoms with E-state index in [0.717, 1.165) is 16.4 Å². The second-order valence-corrected chi connectivity index (χ2v) is 11.0. The van der Waals surface area contributed by atoms with Crippen LogP contribution in [0.15, 0.2) is 41.3 Å². The Balaban J connectivity index is 1.84. The van der Waals surface area contributed by atoms with Gasteiger partial charge in [0.1, 0.15) is 23.7 Å². The molecule has 2 aromatic rings. The van der Waals surface area contributed by atoms with E-state index in [-0.39, 0.29) is 11.3 Å². The summed E-state index contributed by atoms with van der Waals surface area (Å²) >= 11 is 0. The highest BCUT2D eigenvalue weighted by Crippen LogP contribution is 2.43. The molecule has 3 rings (SSSR count). The SMILES string of the molecule is N#Cc1ccc(OCC2(COP(=O)(O)O)CN(S(=O)(=O)c3ccc(C(F)(F)F)cc3C#N)C2)cc1F. The molecule has 0 unspecified atom stereocenters. The van der Waals surface area contributed by atoms with Gasteiger partial charge in [-0.1, -0.05) is 0 Å². The van der Waals surface area contributed by atoms with Crippen molar-refractivity contribution in [1.82, 2.24) is 4.31 Å². The van der Waals surface area contributed by atoms with E-state index in [1.807, 2.05) is 0 Å². The van der Waals surface area contributed by atoms with Gasteiger partial charge in [0.2, 0.25) is 10.0 Å². The van der Waals surface area contributed by atoms with E-state index in [1.54, 1.807) is 6.07 Å². The molecule has 1 fully saturated rings. The molecule has 1 aliphatic heterocycles. The zero-order valence-corrected chi connectivity index (χ0v) is 19.6. The van der Waals surface area contributed by atoms with Crippen LogP contribution in [0.25, 0.3) is 0 Å². The van der Waals surface area contributed by atoms with Gasteiger partial charge >= 0.3 is 14.0 Å². The highest BCUT2D eigenvalue weighted by atomic mass is 32.2. The van der Waals surface area contributed by atoms with Gasteiger partial charge in [-0.25, -0.2) is 17.4 Å². The fraction of sp³-hybridized carbons (Fsp3) is 0.300. The Morgan fingerprint density at radius 1 is 1.06 bits per heavy atom. The van der Waals surface area contributed by atoms with E-state index in [1.165, 1.54) is 12.1 Å². The summed E-state index contributed by atoms with van der Waals surface area (Å²) in [6.45, 7) is -1.97. The van der Waals surface area contributed by atoms with Crippen LogP contribution in [0.3, 0.4) is 0 Å². The van der Waals surface area contributed by atoms with E-state index < -0.39 is 77.6 Å². The number of rotatable bonds is 8. The summed E-state index contributed by atoms with van der Waals surface area (Å²) in [4.78, 5) is 17.4. The molecule has 0 bridgehead atoms. The molecule has 0 aliphatic carbocycles. The quantitative estimate of drug-likeness (QED) is 0.373. The number of benzene rings is 2. The van der Waals surface area contributed by atoms with Crippen molar-refractivity contribution in [2.24, 2.45) is 5.41 Å². The van der Waals surface area contributed by atoms with Gasteiger partial charge in [0.05, 0.1) is 40.2 Å². The summed E-state index contributed by atoms with van der Waals surface area (Å²) in [5, 5.41) is 18.0. The van der Waals surface area contributed by atoms with Crippen LogP contribution in [0, 0.1) is 33.9 Å². The maximum absolute atomic E-state index is 13.8. The lowest BCUT2D eigenvalue weighted by Crippen LogP contribution is -2.62. The monoisotopic (exact) mass is 549 g/mol. The molecule has 2 aromatic carbocycles. The smallest absolute Gasteiger partial charge is 0.469 e. The maximum Gasteiger partial charge on any atom is 0.469 e. The zero-order valence-electron chi connectivity index (χ0n) is 17.9. The van der Waals surface area contributed by atoms with Gasteiger partial charge in [-0.2, -0.15) is 28.0 Å². The third kappa shape index (κ3) is 6.02. The zero-order chi connectivity index (χ0) is 26.9. The summed E-state index contributed by atoms with van der Waals surface area (Å²) in [5.41, 5.74) is -3.54. The van der Waals surface area contributed by atoms with Crippen LogP contribution in [0.1, 0.15) is 16.7 Å². The van der Waals surface area contributed by atoms with Crippen LogP contribution in [-0.2, 0) is 25.3 Å². The number of nitrogens with zero attached hydrogens (tertiary/aromatic N) is 3. The third-order valence-electron chi connectivity index (χ3n) is 5.21. The van der Waals surface area contributed by atoms with E-state index >= 15 is 0 Å². The molecule has 0 spiro atoms. The molecular formula is C20H16F4N3O7PS. The second-order valence-electron chi connectivity index (χ2n) is 7.90.